The fraction of sp³-hybridized carbons (Fsp3) is 0.611. The van der Waals surface area contributed by atoms with Gasteiger partial charge in [0, 0.05) is 26.2 Å². The van der Waals surface area contributed by atoms with Crippen LogP contribution >= 0.6 is 0 Å². The third-order valence-corrected chi connectivity index (χ3v) is 4.40. The number of amides is 1. The standard InChI is InChI=1S/C18H28N2O2/c1-6-19-9-11-20(12-10-19)17(21)15-13-14(18(2,3)4)7-8-16(15)22-5/h7-8,13H,6,9-12H2,1-5H3. The van der Waals surface area contributed by atoms with E-state index in [-0.39, 0.29) is 11.3 Å². The number of nitrogens with zero attached hydrogens (tertiary/aromatic N) is 2. The van der Waals surface area contributed by atoms with Gasteiger partial charge in [-0.3, -0.25) is 4.79 Å². The Morgan fingerprint density at radius 2 is 1.82 bits per heavy atom. The molecule has 0 atom stereocenters. The predicted molar refractivity (Wildman–Crippen MR) is 89.7 cm³/mol. The number of ether oxygens (including phenoxy) is 1. The zero-order chi connectivity index (χ0) is 16.3. The predicted octanol–water partition coefficient (Wildman–Crippen LogP) is 2.77. The molecule has 1 aliphatic rings. The maximum atomic E-state index is 12.9. The number of benzene rings is 1. The average Bonchev–Trinajstić information content (AvgIpc) is 2.52. The molecule has 0 unspecified atom stereocenters. The highest BCUT2D eigenvalue weighted by Gasteiger charge is 2.25. The first-order valence-electron chi connectivity index (χ1n) is 8.07. The van der Waals surface area contributed by atoms with E-state index in [0.29, 0.717) is 11.3 Å². The van der Waals surface area contributed by atoms with E-state index < -0.39 is 0 Å². The van der Waals surface area contributed by atoms with Crippen molar-refractivity contribution in [2.45, 2.75) is 33.1 Å². The summed E-state index contributed by atoms with van der Waals surface area (Å²) < 4.78 is 5.41. The van der Waals surface area contributed by atoms with E-state index >= 15 is 0 Å². The minimum absolute atomic E-state index is 0.0161. The lowest BCUT2D eigenvalue weighted by Crippen LogP contribution is -2.48. The molecule has 22 heavy (non-hydrogen) atoms. The van der Waals surface area contributed by atoms with Crippen molar-refractivity contribution < 1.29 is 9.53 Å². The Balaban J connectivity index is 2.24. The number of piperazine rings is 1. The van der Waals surface area contributed by atoms with Crippen LogP contribution in [0, 0.1) is 0 Å². The highest BCUT2D eigenvalue weighted by molar-refractivity contribution is 5.97. The van der Waals surface area contributed by atoms with E-state index in [4.69, 9.17) is 4.74 Å². The van der Waals surface area contributed by atoms with Crippen molar-refractivity contribution >= 4 is 5.91 Å². The zero-order valence-corrected chi connectivity index (χ0v) is 14.5. The SMILES string of the molecule is CCN1CCN(C(=O)c2cc(C(C)(C)C)ccc2OC)CC1. The Labute approximate surface area is 134 Å². The van der Waals surface area contributed by atoms with Crippen LogP contribution in [0.3, 0.4) is 0 Å². The second-order valence-corrected chi connectivity index (χ2v) is 6.89. The highest BCUT2D eigenvalue weighted by Crippen LogP contribution is 2.29. The van der Waals surface area contributed by atoms with Gasteiger partial charge in [-0.2, -0.15) is 0 Å². The third kappa shape index (κ3) is 3.61. The smallest absolute Gasteiger partial charge is 0.257 e. The highest BCUT2D eigenvalue weighted by atomic mass is 16.5. The van der Waals surface area contributed by atoms with Crippen LogP contribution < -0.4 is 4.74 Å². The first kappa shape index (κ1) is 16.8. The molecule has 1 amide bonds. The summed E-state index contributed by atoms with van der Waals surface area (Å²) in [6.45, 7) is 13.1. The van der Waals surface area contributed by atoms with Gasteiger partial charge in [0.15, 0.2) is 0 Å². The van der Waals surface area contributed by atoms with E-state index in [1.54, 1.807) is 7.11 Å². The molecule has 0 bridgehead atoms. The lowest BCUT2D eigenvalue weighted by molar-refractivity contribution is 0.0640. The summed E-state index contributed by atoms with van der Waals surface area (Å²) in [5, 5.41) is 0. The van der Waals surface area contributed by atoms with Crippen LogP contribution in [0.15, 0.2) is 18.2 Å². The molecule has 0 spiro atoms. The molecule has 0 N–H and O–H groups in total. The molecule has 1 saturated heterocycles. The van der Waals surface area contributed by atoms with Gasteiger partial charge in [0.2, 0.25) is 0 Å². The number of carbonyl (C=O) groups excluding carboxylic acids is 1. The van der Waals surface area contributed by atoms with Gasteiger partial charge >= 0.3 is 0 Å². The molecule has 0 aliphatic carbocycles. The van der Waals surface area contributed by atoms with Gasteiger partial charge in [-0.05, 0) is 29.7 Å². The maximum absolute atomic E-state index is 12.9. The largest absolute Gasteiger partial charge is 0.496 e. The quantitative estimate of drug-likeness (QED) is 0.861. The molecule has 0 radical (unpaired) electrons. The van der Waals surface area contributed by atoms with Crippen LogP contribution in [-0.2, 0) is 5.41 Å². The van der Waals surface area contributed by atoms with Crippen molar-refractivity contribution in [2.75, 3.05) is 39.8 Å². The van der Waals surface area contributed by atoms with Crippen molar-refractivity contribution in [1.82, 2.24) is 9.80 Å². The fourth-order valence-electron chi connectivity index (χ4n) is 2.78. The molecule has 1 heterocycles. The van der Waals surface area contributed by atoms with Crippen LogP contribution in [0.1, 0.15) is 43.6 Å². The van der Waals surface area contributed by atoms with E-state index in [0.717, 1.165) is 38.3 Å². The second kappa shape index (κ2) is 6.69. The van der Waals surface area contributed by atoms with Crippen LogP contribution in [-0.4, -0.2) is 55.5 Å². The van der Waals surface area contributed by atoms with Gasteiger partial charge in [0.05, 0.1) is 12.7 Å². The van der Waals surface area contributed by atoms with Crippen molar-refractivity contribution in [1.29, 1.82) is 0 Å². The summed E-state index contributed by atoms with van der Waals surface area (Å²) in [6.07, 6.45) is 0. The number of rotatable bonds is 3. The first-order valence-corrected chi connectivity index (χ1v) is 8.07. The Hall–Kier alpha value is -1.55. The van der Waals surface area contributed by atoms with Gasteiger partial charge in [0.1, 0.15) is 5.75 Å². The summed E-state index contributed by atoms with van der Waals surface area (Å²) in [4.78, 5) is 17.2. The maximum Gasteiger partial charge on any atom is 0.257 e. The van der Waals surface area contributed by atoms with E-state index in [2.05, 4.69) is 32.6 Å². The second-order valence-electron chi connectivity index (χ2n) is 6.89. The Kier molecular flexibility index (Phi) is 5.12. The van der Waals surface area contributed by atoms with Gasteiger partial charge in [0.25, 0.3) is 5.91 Å². The van der Waals surface area contributed by atoms with Crippen LogP contribution in [0.2, 0.25) is 0 Å². The van der Waals surface area contributed by atoms with Crippen molar-refractivity contribution in [2.24, 2.45) is 0 Å². The monoisotopic (exact) mass is 304 g/mol. The number of hydrogen-bond acceptors (Lipinski definition) is 3. The van der Waals surface area contributed by atoms with Crippen molar-refractivity contribution in [3.05, 3.63) is 29.3 Å². The van der Waals surface area contributed by atoms with Crippen LogP contribution in [0.25, 0.3) is 0 Å². The molecule has 122 valence electrons. The molecule has 4 heteroatoms. The van der Waals surface area contributed by atoms with Crippen LogP contribution in [0.5, 0.6) is 5.75 Å². The number of likely N-dealkylation sites (N-methyl/N-ethyl adjacent to an activating group) is 1. The molecule has 0 saturated carbocycles. The Morgan fingerprint density at radius 1 is 1.18 bits per heavy atom. The van der Waals surface area contributed by atoms with Gasteiger partial charge in [-0.15, -0.1) is 0 Å². The third-order valence-electron chi connectivity index (χ3n) is 4.40. The Bertz CT molecular complexity index is 526. The molecule has 0 aromatic heterocycles. The minimum Gasteiger partial charge on any atom is -0.496 e. The van der Waals surface area contributed by atoms with E-state index in [9.17, 15) is 4.79 Å². The van der Waals surface area contributed by atoms with Gasteiger partial charge in [-0.1, -0.05) is 33.8 Å². The van der Waals surface area contributed by atoms with E-state index in [1.807, 2.05) is 23.1 Å². The fourth-order valence-corrected chi connectivity index (χ4v) is 2.78. The molecular weight excluding hydrogens is 276 g/mol. The molecular formula is C18H28N2O2. The molecule has 1 aromatic carbocycles. The zero-order valence-electron chi connectivity index (χ0n) is 14.5. The van der Waals surface area contributed by atoms with Crippen molar-refractivity contribution in [3.8, 4) is 5.75 Å². The minimum atomic E-state index is 0.0161. The lowest BCUT2D eigenvalue weighted by Gasteiger charge is -2.34. The number of methoxy groups -OCH3 is 1. The lowest BCUT2D eigenvalue weighted by atomic mass is 9.86. The molecule has 1 fully saturated rings. The molecule has 2 rings (SSSR count). The molecule has 1 aliphatic heterocycles. The normalized spacial score (nSPS) is 16.7. The number of hydrogen-bond donors (Lipinski definition) is 0. The summed E-state index contributed by atoms with van der Waals surface area (Å²) >= 11 is 0. The van der Waals surface area contributed by atoms with Crippen LogP contribution in [0.4, 0.5) is 0 Å². The summed E-state index contributed by atoms with van der Waals surface area (Å²) in [5.74, 6) is 0.745. The van der Waals surface area contributed by atoms with Gasteiger partial charge < -0.3 is 14.5 Å². The molecule has 4 nitrogen and oxygen atoms in total. The molecule has 1 aromatic rings. The topological polar surface area (TPSA) is 32.8 Å². The first-order chi connectivity index (χ1) is 10.4. The number of carbonyl (C=O) groups is 1. The average molecular weight is 304 g/mol. The Morgan fingerprint density at radius 3 is 2.32 bits per heavy atom. The summed E-state index contributed by atoms with van der Waals surface area (Å²) in [6, 6.07) is 5.95. The van der Waals surface area contributed by atoms with Crippen molar-refractivity contribution in [3.63, 3.8) is 0 Å². The van der Waals surface area contributed by atoms with E-state index in [1.165, 1.54) is 0 Å². The summed E-state index contributed by atoms with van der Waals surface area (Å²) in [7, 11) is 1.62. The summed E-state index contributed by atoms with van der Waals surface area (Å²) in [5.41, 5.74) is 1.85. The van der Waals surface area contributed by atoms with Gasteiger partial charge in [-0.25, -0.2) is 0 Å².